The van der Waals surface area contributed by atoms with E-state index in [4.69, 9.17) is 4.74 Å². The minimum Gasteiger partial charge on any atom is -0.491 e. The zero-order chi connectivity index (χ0) is 27.5. The van der Waals surface area contributed by atoms with E-state index in [0.717, 1.165) is 34.2 Å². The highest BCUT2D eigenvalue weighted by molar-refractivity contribution is 6.01. The molecule has 6 rings (SSSR count). The lowest BCUT2D eigenvalue weighted by Crippen LogP contribution is -2.20. The zero-order valence-electron chi connectivity index (χ0n) is 22.4. The average molecular weight is 531 g/mol. The second-order valence-corrected chi connectivity index (χ2v) is 10.3. The van der Waals surface area contributed by atoms with Gasteiger partial charge in [0.25, 0.3) is 0 Å². The van der Waals surface area contributed by atoms with Gasteiger partial charge in [0.2, 0.25) is 0 Å². The first-order chi connectivity index (χ1) is 19.5. The Morgan fingerprint density at radius 2 is 1.68 bits per heavy atom. The van der Waals surface area contributed by atoms with Crippen molar-refractivity contribution in [2.45, 2.75) is 26.2 Å². The summed E-state index contributed by atoms with van der Waals surface area (Å²) in [5, 5.41) is 20.6. The average Bonchev–Trinajstić information content (AvgIpc) is 3.46. The Balaban J connectivity index is 1.48. The molecule has 0 fully saturated rings. The summed E-state index contributed by atoms with van der Waals surface area (Å²) in [5.74, 6) is 1.68. The third-order valence-electron chi connectivity index (χ3n) is 7.24. The summed E-state index contributed by atoms with van der Waals surface area (Å²) < 4.78 is 6.42. The van der Waals surface area contributed by atoms with Crippen LogP contribution in [0.4, 0.5) is 16.2 Å². The number of urea groups is 1. The number of benzene rings is 4. The van der Waals surface area contributed by atoms with E-state index < -0.39 is 0 Å². The van der Waals surface area contributed by atoms with Crippen LogP contribution >= 0.6 is 0 Å². The Bertz CT molecular complexity index is 1620. The van der Waals surface area contributed by atoms with Crippen molar-refractivity contribution in [2.75, 3.05) is 17.2 Å². The molecule has 2 atom stereocenters. The number of aromatic amines is 1. The maximum atomic E-state index is 13.2. The number of nitrogens with one attached hydrogen (secondary N) is 3. The van der Waals surface area contributed by atoms with Gasteiger partial charge < -0.3 is 15.4 Å². The van der Waals surface area contributed by atoms with E-state index in [1.165, 1.54) is 5.56 Å². The third kappa shape index (κ3) is 5.29. The van der Waals surface area contributed by atoms with E-state index in [2.05, 4.69) is 68.5 Å². The van der Waals surface area contributed by atoms with Crippen LogP contribution in [-0.2, 0) is 0 Å². The predicted octanol–water partition coefficient (Wildman–Crippen LogP) is 7.04. The highest BCUT2D eigenvalue weighted by Gasteiger charge is 2.29. The molecule has 4 aromatic carbocycles. The van der Waals surface area contributed by atoms with Gasteiger partial charge in [-0.25, -0.2) is 9.89 Å². The van der Waals surface area contributed by atoms with Crippen molar-refractivity contribution in [3.8, 4) is 28.3 Å². The van der Waals surface area contributed by atoms with Crippen LogP contribution in [0.2, 0.25) is 0 Å². The highest BCUT2D eigenvalue weighted by Crippen LogP contribution is 2.46. The number of carbonyl (C=O) groups excluding carboxylic acids is 1. The maximum Gasteiger partial charge on any atom is 0.323 e. The lowest BCUT2D eigenvalue weighted by atomic mass is 9.83. The Kier molecular flexibility index (Phi) is 6.97. The summed E-state index contributed by atoms with van der Waals surface area (Å²) >= 11 is 0. The maximum absolute atomic E-state index is 13.2. The van der Waals surface area contributed by atoms with Crippen LogP contribution in [0.25, 0.3) is 22.5 Å². The van der Waals surface area contributed by atoms with Crippen LogP contribution < -0.4 is 15.4 Å². The molecule has 1 aliphatic heterocycles. The number of aryl methyl sites for hydroxylation is 1. The van der Waals surface area contributed by atoms with Crippen molar-refractivity contribution in [1.82, 2.24) is 20.6 Å². The molecule has 2 unspecified atom stereocenters. The van der Waals surface area contributed by atoms with Crippen molar-refractivity contribution in [3.63, 3.8) is 0 Å². The Morgan fingerprint density at radius 3 is 2.42 bits per heavy atom. The van der Waals surface area contributed by atoms with Crippen molar-refractivity contribution in [1.29, 1.82) is 0 Å². The molecule has 8 heteroatoms. The molecule has 1 aromatic heterocycles. The zero-order valence-corrected chi connectivity index (χ0v) is 22.4. The van der Waals surface area contributed by atoms with Gasteiger partial charge in [-0.15, -0.1) is 5.10 Å². The number of hydrogen-bond acceptors (Lipinski definition) is 5. The fourth-order valence-electron chi connectivity index (χ4n) is 5.28. The first-order valence-electron chi connectivity index (χ1n) is 13.4. The van der Waals surface area contributed by atoms with Gasteiger partial charge in [0.15, 0.2) is 5.82 Å². The molecular formula is C32H30N6O2. The standard InChI is InChI=1S/C32H30N6O2/c1-20-12-14-24(15-13-20)33-32(39)34-29-18-23(25-10-6-7-11-26(25)31-35-37-38-36-31)17-28-27(22-8-4-3-5-9-22)16-21(2)19-40-30(28)29/h3-15,17-18,21,27H,16,19H2,1-2H3,(H2,33,34,39)(H,35,36,37,38). The lowest BCUT2D eigenvalue weighted by molar-refractivity contribution is 0.259. The van der Waals surface area contributed by atoms with E-state index >= 15 is 0 Å². The molecule has 0 spiro atoms. The van der Waals surface area contributed by atoms with Crippen LogP contribution in [0.15, 0.2) is 91.0 Å². The summed E-state index contributed by atoms with van der Waals surface area (Å²) in [7, 11) is 0. The van der Waals surface area contributed by atoms with Crippen molar-refractivity contribution in [3.05, 3.63) is 108 Å². The summed E-state index contributed by atoms with van der Waals surface area (Å²) in [6, 6.07) is 29.9. The molecule has 2 amide bonds. The molecule has 200 valence electrons. The van der Waals surface area contributed by atoms with E-state index in [0.29, 0.717) is 35.5 Å². The van der Waals surface area contributed by atoms with Crippen molar-refractivity contribution in [2.24, 2.45) is 5.92 Å². The van der Waals surface area contributed by atoms with Gasteiger partial charge in [0, 0.05) is 22.7 Å². The molecule has 0 aliphatic carbocycles. The molecule has 0 saturated carbocycles. The third-order valence-corrected chi connectivity index (χ3v) is 7.24. The minimum atomic E-state index is -0.340. The normalized spacial score (nSPS) is 16.4. The van der Waals surface area contributed by atoms with Gasteiger partial charge in [-0.05, 0) is 70.6 Å². The monoisotopic (exact) mass is 530 g/mol. The lowest BCUT2D eigenvalue weighted by Gasteiger charge is -2.22. The fraction of sp³-hybridized carbons (Fsp3) is 0.188. The van der Waals surface area contributed by atoms with Crippen LogP contribution in [-0.4, -0.2) is 33.3 Å². The Morgan fingerprint density at radius 1 is 0.925 bits per heavy atom. The fourth-order valence-corrected chi connectivity index (χ4v) is 5.28. The van der Waals surface area contributed by atoms with Crippen LogP contribution in [0.3, 0.4) is 0 Å². The Labute approximate surface area is 232 Å². The molecular weight excluding hydrogens is 500 g/mol. The topological polar surface area (TPSA) is 105 Å². The van der Waals surface area contributed by atoms with Gasteiger partial charge in [-0.1, -0.05) is 79.2 Å². The summed E-state index contributed by atoms with van der Waals surface area (Å²) in [5.41, 5.74) is 7.42. The number of carbonyl (C=O) groups is 1. The van der Waals surface area contributed by atoms with Gasteiger partial charge in [-0.3, -0.25) is 0 Å². The predicted molar refractivity (Wildman–Crippen MR) is 156 cm³/mol. The van der Waals surface area contributed by atoms with E-state index in [9.17, 15) is 4.79 Å². The summed E-state index contributed by atoms with van der Waals surface area (Å²) in [6.07, 6.45) is 0.920. The first kappa shape index (κ1) is 25.3. The highest BCUT2D eigenvalue weighted by atomic mass is 16.5. The largest absolute Gasteiger partial charge is 0.491 e. The molecule has 3 N–H and O–H groups in total. The smallest absolute Gasteiger partial charge is 0.323 e. The van der Waals surface area contributed by atoms with Gasteiger partial charge in [-0.2, -0.15) is 0 Å². The SMILES string of the molecule is Cc1ccc(NC(=O)Nc2cc(-c3ccccc3-c3nnn[nH]3)cc3c2OCC(C)CC3c2ccccc2)cc1. The summed E-state index contributed by atoms with van der Waals surface area (Å²) in [6.45, 7) is 4.77. The quantitative estimate of drug-likeness (QED) is 0.226. The number of aromatic nitrogens is 4. The molecule has 0 saturated heterocycles. The van der Waals surface area contributed by atoms with Crippen molar-refractivity contribution < 1.29 is 9.53 Å². The number of fused-ring (bicyclic) bond motifs is 1. The van der Waals surface area contributed by atoms with Gasteiger partial charge in [0.05, 0.1) is 12.3 Å². The van der Waals surface area contributed by atoms with Gasteiger partial charge in [0.1, 0.15) is 5.75 Å². The molecule has 2 heterocycles. The molecule has 8 nitrogen and oxygen atoms in total. The Hall–Kier alpha value is -4.98. The number of ether oxygens (including phenoxy) is 1. The van der Waals surface area contributed by atoms with Crippen LogP contribution in [0.5, 0.6) is 5.75 Å². The van der Waals surface area contributed by atoms with Crippen molar-refractivity contribution >= 4 is 17.4 Å². The van der Waals surface area contributed by atoms with E-state index in [-0.39, 0.29) is 11.9 Å². The van der Waals surface area contributed by atoms with E-state index in [1.807, 2.05) is 67.6 Å². The second kappa shape index (κ2) is 11.0. The first-order valence-corrected chi connectivity index (χ1v) is 13.4. The van der Waals surface area contributed by atoms with Crippen LogP contribution in [0, 0.1) is 12.8 Å². The molecule has 5 aromatic rings. The molecule has 0 bridgehead atoms. The number of amides is 2. The number of rotatable bonds is 5. The minimum absolute atomic E-state index is 0.0912. The molecule has 40 heavy (non-hydrogen) atoms. The molecule has 0 radical (unpaired) electrons. The number of H-pyrrole nitrogens is 1. The van der Waals surface area contributed by atoms with E-state index in [1.54, 1.807) is 0 Å². The second-order valence-electron chi connectivity index (χ2n) is 10.3. The number of tetrazole rings is 1. The number of nitrogens with zero attached hydrogens (tertiary/aromatic N) is 3. The molecule has 1 aliphatic rings. The van der Waals surface area contributed by atoms with Crippen LogP contribution in [0.1, 0.15) is 36.0 Å². The number of hydrogen-bond donors (Lipinski definition) is 3. The number of anilines is 2. The van der Waals surface area contributed by atoms with Gasteiger partial charge >= 0.3 is 6.03 Å². The summed E-state index contributed by atoms with van der Waals surface area (Å²) in [4.78, 5) is 13.2.